The largest absolute Gasteiger partial charge is 0.386 e. The Labute approximate surface area is 69.2 Å². The van der Waals surface area contributed by atoms with Gasteiger partial charge < -0.3 is 5.11 Å². The lowest BCUT2D eigenvalue weighted by Gasteiger charge is -2.28. The van der Waals surface area contributed by atoms with Crippen LogP contribution in [0.1, 0.15) is 31.1 Å². The van der Waals surface area contributed by atoms with Crippen LogP contribution in [-0.2, 0) is 0 Å². The SMILES string of the molecule is OC(c1csnn1)C1CCC1. The number of nitrogens with zero attached hydrogens (tertiary/aromatic N) is 2. The third kappa shape index (κ3) is 1.28. The van der Waals surface area contributed by atoms with Crippen molar-refractivity contribution in [3.05, 3.63) is 11.1 Å². The maximum atomic E-state index is 9.63. The van der Waals surface area contributed by atoms with Gasteiger partial charge in [0.05, 0.1) is 0 Å². The molecule has 0 saturated heterocycles. The molecule has 0 aromatic carbocycles. The predicted octanol–water partition coefficient (Wildman–Crippen LogP) is 1.37. The number of aliphatic hydroxyl groups excluding tert-OH is 1. The standard InChI is InChI=1S/C7H10N2OS/c10-7(5-2-1-3-5)6-4-11-9-8-6/h4-5,7,10H,1-3H2. The summed E-state index contributed by atoms with van der Waals surface area (Å²) in [4.78, 5) is 0. The summed E-state index contributed by atoms with van der Waals surface area (Å²) in [7, 11) is 0. The molecule has 0 amide bonds. The summed E-state index contributed by atoms with van der Waals surface area (Å²) in [6, 6.07) is 0. The average molecular weight is 170 g/mol. The molecule has 1 fully saturated rings. The molecular weight excluding hydrogens is 160 g/mol. The Morgan fingerprint density at radius 3 is 2.91 bits per heavy atom. The van der Waals surface area contributed by atoms with Crippen molar-refractivity contribution in [1.29, 1.82) is 0 Å². The smallest absolute Gasteiger partial charge is 0.104 e. The Hall–Kier alpha value is -0.480. The molecule has 3 nitrogen and oxygen atoms in total. The first-order valence-electron chi connectivity index (χ1n) is 3.83. The van der Waals surface area contributed by atoms with Gasteiger partial charge in [-0.15, -0.1) is 5.10 Å². The number of hydrogen-bond acceptors (Lipinski definition) is 4. The monoisotopic (exact) mass is 170 g/mol. The molecule has 0 aliphatic heterocycles. The molecule has 0 radical (unpaired) electrons. The summed E-state index contributed by atoms with van der Waals surface area (Å²) in [5, 5.41) is 15.3. The van der Waals surface area contributed by atoms with E-state index in [0.29, 0.717) is 5.92 Å². The van der Waals surface area contributed by atoms with Crippen LogP contribution in [-0.4, -0.2) is 14.7 Å². The van der Waals surface area contributed by atoms with Crippen molar-refractivity contribution in [2.24, 2.45) is 5.92 Å². The highest BCUT2D eigenvalue weighted by molar-refractivity contribution is 7.03. The average Bonchev–Trinajstić information content (AvgIpc) is 2.32. The number of rotatable bonds is 2. The van der Waals surface area contributed by atoms with E-state index >= 15 is 0 Å². The highest BCUT2D eigenvalue weighted by Gasteiger charge is 2.27. The van der Waals surface area contributed by atoms with Crippen LogP contribution in [0.4, 0.5) is 0 Å². The number of aromatic nitrogens is 2. The molecule has 60 valence electrons. The molecule has 1 atom stereocenters. The Morgan fingerprint density at radius 2 is 2.45 bits per heavy atom. The Bertz CT molecular complexity index is 220. The second-order valence-electron chi connectivity index (χ2n) is 2.97. The minimum Gasteiger partial charge on any atom is -0.386 e. The van der Waals surface area contributed by atoms with E-state index in [4.69, 9.17) is 0 Å². The van der Waals surface area contributed by atoms with Crippen LogP contribution in [0.3, 0.4) is 0 Å². The van der Waals surface area contributed by atoms with Crippen LogP contribution in [0.2, 0.25) is 0 Å². The lowest BCUT2D eigenvalue weighted by molar-refractivity contribution is 0.0586. The molecule has 1 aromatic rings. The van der Waals surface area contributed by atoms with Crippen molar-refractivity contribution in [3.63, 3.8) is 0 Å². The van der Waals surface area contributed by atoms with E-state index in [9.17, 15) is 5.11 Å². The van der Waals surface area contributed by atoms with Gasteiger partial charge in [0, 0.05) is 5.38 Å². The summed E-state index contributed by atoms with van der Waals surface area (Å²) < 4.78 is 3.72. The van der Waals surface area contributed by atoms with Crippen molar-refractivity contribution in [2.45, 2.75) is 25.4 Å². The molecule has 1 aliphatic rings. The van der Waals surface area contributed by atoms with Crippen molar-refractivity contribution < 1.29 is 5.11 Å². The maximum absolute atomic E-state index is 9.63. The van der Waals surface area contributed by atoms with Crippen LogP contribution >= 0.6 is 11.5 Å². The van der Waals surface area contributed by atoms with Crippen molar-refractivity contribution >= 4 is 11.5 Å². The molecule has 2 rings (SSSR count). The van der Waals surface area contributed by atoms with Gasteiger partial charge in [0.25, 0.3) is 0 Å². The lowest BCUT2D eigenvalue weighted by atomic mass is 9.80. The van der Waals surface area contributed by atoms with Gasteiger partial charge in [0.1, 0.15) is 11.8 Å². The van der Waals surface area contributed by atoms with Gasteiger partial charge in [0.2, 0.25) is 0 Å². The zero-order valence-corrected chi connectivity index (χ0v) is 6.92. The normalized spacial score (nSPS) is 21.2. The zero-order chi connectivity index (χ0) is 7.68. The van der Waals surface area contributed by atoms with Crippen molar-refractivity contribution in [2.75, 3.05) is 0 Å². The van der Waals surface area contributed by atoms with Crippen LogP contribution in [0, 0.1) is 5.92 Å². The Morgan fingerprint density at radius 1 is 1.64 bits per heavy atom. The summed E-state index contributed by atoms with van der Waals surface area (Å²) in [6.07, 6.45) is 3.17. The molecule has 0 spiro atoms. The van der Waals surface area contributed by atoms with E-state index in [1.807, 2.05) is 5.38 Å². The molecular formula is C7H10N2OS. The topological polar surface area (TPSA) is 46.0 Å². The minimum absolute atomic E-state index is 0.359. The molecule has 11 heavy (non-hydrogen) atoms. The van der Waals surface area contributed by atoms with Gasteiger partial charge in [0.15, 0.2) is 0 Å². The van der Waals surface area contributed by atoms with E-state index in [1.165, 1.54) is 18.0 Å². The maximum Gasteiger partial charge on any atom is 0.104 e. The molecule has 4 heteroatoms. The van der Waals surface area contributed by atoms with Crippen molar-refractivity contribution in [1.82, 2.24) is 9.59 Å². The first-order chi connectivity index (χ1) is 5.38. The van der Waals surface area contributed by atoms with E-state index in [1.54, 1.807) is 0 Å². The van der Waals surface area contributed by atoms with Gasteiger partial charge in [-0.25, -0.2) is 0 Å². The van der Waals surface area contributed by atoms with Crippen LogP contribution < -0.4 is 0 Å². The van der Waals surface area contributed by atoms with Gasteiger partial charge in [-0.1, -0.05) is 10.9 Å². The van der Waals surface area contributed by atoms with Gasteiger partial charge in [-0.3, -0.25) is 0 Å². The Balaban J connectivity index is 2.04. The van der Waals surface area contributed by atoms with E-state index in [-0.39, 0.29) is 6.10 Å². The van der Waals surface area contributed by atoms with Gasteiger partial charge in [-0.2, -0.15) is 0 Å². The first kappa shape index (κ1) is 7.18. The minimum atomic E-state index is -0.359. The van der Waals surface area contributed by atoms with Crippen LogP contribution in [0.5, 0.6) is 0 Å². The lowest BCUT2D eigenvalue weighted by Crippen LogP contribution is -2.20. The second kappa shape index (κ2) is 2.87. The van der Waals surface area contributed by atoms with E-state index < -0.39 is 0 Å². The fourth-order valence-electron chi connectivity index (χ4n) is 1.30. The summed E-state index contributed by atoms with van der Waals surface area (Å²) in [6.45, 7) is 0. The first-order valence-corrected chi connectivity index (χ1v) is 4.66. The summed E-state index contributed by atoms with van der Waals surface area (Å²) in [5.41, 5.74) is 0.750. The fraction of sp³-hybridized carbons (Fsp3) is 0.714. The molecule has 1 unspecified atom stereocenters. The van der Waals surface area contributed by atoms with E-state index in [2.05, 4.69) is 9.59 Å². The fourth-order valence-corrected chi connectivity index (χ4v) is 1.78. The highest BCUT2D eigenvalue weighted by atomic mass is 32.1. The van der Waals surface area contributed by atoms with Crippen LogP contribution in [0.15, 0.2) is 5.38 Å². The van der Waals surface area contributed by atoms with Crippen molar-refractivity contribution in [3.8, 4) is 0 Å². The van der Waals surface area contributed by atoms with Gasteiger partial charge in [-0.05, 0) is 30.3 Å². The molecule has 1 aliphatic carbocycles. The predicted molar refractivity (Wildman–Crippen MR) is 42.2 cm³/mol. The molecule has 1 aromatic heterocycles. The van der Waals surface area contributed by atoms with Gasteiger partial charge >= 0.3 is 0 Å². The number of aliphatic hydroxyl groups is 1. The van der Waals surface area contributed by atoms with Crippen LogP contribution in [0.25, 0.3) is 0 Å². The third-order valence-corrected chi connectivity index (χ3v) is 2.80. The third-order valence-electron chi connectivity index (χ3n) is 2.28. The highest BCUT2D eigenvalue weighted by Crippen LogP contribution is 2.36. The molecule has 1 saturated carbocycles. The zero-order valence-electron chi connectivity index (χ0n) is 6.10. The second-order valence-corrected chi connectivity index (χ2v) is 3.58. The number of hydrogen-bond donors (Lipinski definition) is 1. The quantitative estimate of drug-likeness (QED) is 0.729. The summed E-state index contributed by atoms with van der Waals surface area (Å²) >= 11 is 1.30. The summed E-state index contributed by atoms with van der Waals surface area (Å²) in [5.74, 6) is 0.443. The molecule has 0 bridgehead atoms. The molecule has 1 heterocycles. The Kier molecular flexibility index (Phi) is 1.87. The molecule has 1 N–H and O–H groups in total. The van der Waals surface area contributed by atoms with E-state index in [0.717, 1.165) is 18.5 Å².